The Labute approximate surface area is 161 Å². The highest BCUT2D eigenvalue weighted by atomic mass is 32.1. The zero-order chi connectivity index (χ0) is 17.9. The van der Waals surface area contributed by atoms with E-state index in [0.29, 0.717) is 12.1 Å². The lowest BCUT2D eigenvalue weighted by atomic mass is 9.97. The number of thiazole rings is 1. The van der Waals surface area contributed by atoms with Gasteiger partial charge in [0, 0.05) is 17.0 Å². The molecule has 6 heteroatoms. The van der Waals surface area contributed by atoms with E-state index < -0.39 is 0 Å². The standard InChI is InChI=1S/C20H23N3OS2/c1-14-6-8-23(9-7-14)17(18-3-2-10-25-18)12-21-20(24)15-4-5-16-19(11-15)26-13-22-16/h2-5,10-11,13-14,17H,6-9,12H2,1H3,(H,21,24)/t17-/m1/s1. The van der Waals surface area contributed by atoms with Crippen molar-refractivity contribution >= 4 is 38.8 Å². The minimum Gasteiger partial charge on any atom is -0.350 e. The third-order valence-electron chi connectivity index (χ3n) is 5.18. The van der Waals surface area contributed by atoms with Gasteiger partial charge in [-0.25, -0.2) is 4.98 Å². The van der Waals surface area contributed by atoms with Crippen LogP contribution in [0.5, 0.6) is 0 Å². The van der Waals surface area contributed by atoms with E-state index in [1.165, 1.54) is 17.7 Å². The molecule has 1 aliphatic rings. The van der Waals surface area contributed by atoms with Crippen molar-refractivity contribution in [3.05, 3.63) is 51.7 Å². The molecule has 1 atom stereocenters. The highest BCUT2D eigenvalue weighted by Crippen LogP contribution is 2.29. The van der Waals surface area contributed by atoms with Crippen molar-refractivity contribution in [3.8, 4) is 0 Å². The van der Waals surface area contributed by atoms with E-state index in [0.717, 1.165) is 29.2 Å². The summed E-state index contributed by atoms with van der Waals surface area (Å²) in [5, 5.41) is 5.28. The number of hydrogen-bond donors (Lipinski definition) is 1. The van der Waals surface area contributed by atoms with Gasteiger partial charge in [-0.3, -0.25) is 9.69 Å². The van der Waals surface area contributed by atoms with Gasteiger partial charge in [0.05, 0.1) is 21.8 Å². The van der Waals surface area contributed by atoms with Crippen molar-refractivity contribution < 1.29 is 4.79 Å². The van der Waals surface area contributed by atoms with E-state index >= 15 is 0 Å². The zero-order valence-electron chi connectivity index (χ0n) is 14.9. The largest absolute Gasteiger partial charge is 0.350 e. The van der Waals surface area contributed by atoms with Gasteiger partial charge < -0.3 is 5.32 Å². The number of carbonyl (C=O) groups excluding carboxylic acids is 1. The Kier molecular flexibility index (Phi) is 5.33. The van der Waals surface area contributed by atoms with Gasteiger partial charge in [0.2, 0.25) is 0 Å². The summed E-state index contributed by atoms with van der Waals surface area (Å²) in [7, 11) is 0. The van der Waals surface area contributed by atoms with Crippen LogP contribution in [0.25, 0.3) is 10.2 Å². The molecule has 0 saturated carbocycles. The SMILES string of the molecule is CC1CCN([C@H](CNC(=O)c2ccc3ncsc3c2)c2cccs2)CC1. The summed E-state index contributed by atoms with van der Waals surface area (Å²) in [4.78, 5) is 20.8. The molecule has 3 heterocycles. The lowest BCUT2D eigenvalue weighted by Gasteiger charge is -2.36. The van der Waals surface area contributed by atoms with Crippen molar-refractivity contribution in [2.75, 3.05) is 19.6 Å². The summed E-state index contributed by atoms with van der Waals surface area (Å²) >= 11 is 3.34. The lowest BCUT2D eigenvalue weighted by Crippen LogP contribution is -2.41. The summed E-state index contributed by atoms with van der Waals surface area (Å²) in [5.74, 6) is 0.795. The van der Waals surface area contributed by atoms with Gasteiger partial charge in [-0.1, -0.05) is 13.0 Å². The number of nitrogens with one attached hydrogen (secondary N) is 1. The van der Waals surface area contributed by atoms with Crippen LogP contribution in [0.2, 0.25) is 0 Å². The predicted octanol–water partition coefficient (Wildman–Crippen LogP) is 4.56. The van der Waals surface area contributed by atoms with Gasteiger partial charge in [0.15, 0.2) is 0 Å². The first kappa shape index (κ1) is 17.6. The third kappa shape index (κ3) is 3.82. The van der Waals surface area contributed by atoms with Crippen molar-refractivity contribution in [1.29, 1.82) is 0 Å². The number of nitrogens with zero attached hydrogens (tertiary/aromatic N) is 2. The fourth-order valence-corrected chi connectivity index (χ4v) is 5.10. The monoisotopic (exact) mass is 385 g/mol. The van der Waals surface area contributed by atoms with E-state index in [1.54, 1.807) is 22.7 Å². The Morgan fingerprint density at radius 3 is 2.92 bits per heavy atom. The summed E-state index contributed by atoms with van der Waals surface area (Å²) in [6, 6.07) is 10.3. The van der Waals surface area contributed by atoms with E-state index in [4.69, 9.17) is 0 Å². The Balaban J connectivity index is 1.46. The number of amides is 1. The molecule has 136 valence electrons. The van der Waals surface area contributed by atoms with Gasteiger partial charge in [-0.05, 0) is 61.5 Å². The van der Waals surface area contributed by atoms with Gasteiger partial charge in [-0.2, -0.15) is 0 Å². The lowest BCUT2D eigenvalue weighted by molar-refractivity contribution is 0.0915. The molecule has 1 saturated heterocycles. The number of aromatic nitrogens is 1. The molecular formula is C20H23N3OS2. The van der Waals surface area contributed by atoms with Crippen LogP contribution < -0.4 is 5.32 Å². The van der Waals surface area contributed by atoms with E-state index in [9.17, 15) is 4.79 Å². The van der Waals surface area contributed by atoms with E-state index in [-0.39, 0.29) is 11.9 Å². The quantitative estimate of drug-likeness (QED) is 0.700. The molecular weight excluding hydrogens is 362 g/mol. The summed E-state index contributed by atoms with van der Waals surface area (Å²) in [6.07, 6.45) is 2.47. The van der Waals surface area contributed by atoms with E-state index in [1.807, 2.05) is 23.7 Å². The number of thiophene rings is 1. The van der Waals surface area contributed by atoms with Crippen molar-refractivity contribution in [2.45, 2.75) is 25.8 Å². The number of carbonyl (C=O) groups is 1. The minimum atomic E-state index is -0.00719. The first-order valence-electron chi connectivity index (χ1n) is 9.09. The fraction of sp³-hybridized carbons (Fsp3) is 0.400. The van der Waals surface area contributed by atoms with Gasteiger partial charge in [0.1, 0.15) is 0 Å². The van der Waals surface area contributed by atoms with Crippen LogP contribution in [-0.2, 0) is 0 Å². The summed E-state index contributed by atoms with van der Waals surface area (Å²) < 4.78 is 1.05. The number of piperidine rings is 1. The van der Waals surface area contributed by atoms with Crippen LogP contribution in [0.3, 0.4) is 0 Å². The first-order valence-corrected chi connectivity index (χ1v) is 10.9. The number of rotatable bonds is 5. The number of fused-ring (bicyclic) bond motifs is 1. The Morgan fingerprint density at radius 2 is 2.15 bits per heavy atom. The van der Waals surface area contributed by atoms with Crippen molar-refractivity contribution in [2.24, 2.45) is 5.92 Å². The highest BCUT2D eigenvalue weighted by molar-refractivity contribution is 7.16. The Morgan fingerprint density at radius 1 is 1.31 bits per heavy atom. The molecule has 1 fully saturated rings. The second-order valence-electron chi connectivity index (χ2n) is 6.99. The predicted molar refractivity (Wildman–Crippen MR) is 109 cm³/mol. The van der Waals surface area contributed by atoms with Crippen LogP contribution in [0.15, 0.2) is 41.2 Å². The molecule has 2 aromatic heterocycles. The van der Waals surface area contributed by atoms with Gasteiger partial charge in [-0.15, -0.1) is 22.7 Å². The molecule has 26 heavy (non-hydrogen) atoms. The van der Waals surface area contributed by atoms with Crippen LogP contribution in [0.4, 0.5) is 0 Å². The number of hydrogen-bond acceptors (Lipinski definition) is 5. The number of likely N-dealkylation sites (tertiary alicyclic amines) is 1. The molecule has 1 N–H and O–H groups in total. The second kappa shape index (κ2) is 7.86. The normalized spacial score (nSPS) is 17.4. The maximum atomic E-state index is 12.7. The fourth-order valence-electron chi connectivity index (χ4n) is 3.52. The minimum absolute atomic E-state index is 0.00719. The summed E-state index contributed by atoms with van der Waals surface area (Å²) in [6.45, 7) is 5.18. The summed E-state index contributed by atoms with van der Waals surface area (Å²) in [5.41, 5.74) is 3.47. The Bertz CT molecular complexity index is 866. The topological polar surface area (TPSA) is 45.2 Å². The molecule has 0 radical (unpaired) electrons. The van der Waals surface area contributed by atoms with Crippen LogP contribution >= 0.6 is 22.7 Å². The number of benzene rings is 1. The smallest absolute Gasteiger partial charge is 0.251 e. The molecule has 0 unspecified atom stereocenters. The molecule has 0 aliphatic carbocycles. The average molecular weight is 386 g/mol. The highest BCUT2D eigenvalue weighted by Gasteiger charge is 2.25. The maximum Gasteiger partial charge on any atom is 0.251 e. The van der Waals surface area contributed by atoms with Crippen molar-refractivity contribution in [3.63, 3.8) is 0 Å². The molecule has 4 nitrogen and oxygen atoms in total. The maximum absolute atomic E-state index is 12.7. The van der Waals surface area contributed by atoms with Crippen molar-refractivity contribution in [1.82, 2.24) is 15.2 Å². The van der Waals surface area contributed by atoms with Crippen LogP contribution in [0.1, 0.15) is 41.0 Å². The van der Waals surface area contributed by atoms with Gasteiger partial charge >= 0.3 is 0 Å². The van der Waals surface area contributed by atoms with Crippen LogP contribution in [0, 0.1) is 5.92 Å². The first-order chi connectivity index (χ1) is 12.7. The molecule has 0 bridgehead atoms. The van der Waals surface area contributed by atoms with Gasteiger partial charge in [0.25, 0.3) is 5.91 Å². The molecule has 1 aliphatic heterocycles. The molecule has 0 spiro atoms. The third-order valence-corrected chi connectivity index (χ3v) is 6.95. The van der Waals surface area contributed by atoms with Crippen LogP contribution in [-0.4, -0.2) is 35.4 Å². The molecule has 1 amide bonds. The second-order valence-corrected chi connectivity index (χ2v) is 8.86. The molecule has 3 aromatic rings. The molecule has 1 aromatic carbocycles. The molecule has 4 rings (SSSR count). The van der Waals surface area contributed by atoms with E-state index in [2.05, 4.69) is 39.6 Å². The zero-order valence-corrected chi connectivity index (χ0v) is 16.5. The Hall–Kier alpha value is -1.76. The average Bonchev–Trinajstić information content (AvgIpc) is 3.34.